The Bertz CT molecular complexity index is 656. The first-order valence-corrected chi connectivity index (χ1v) is 9.81. The van der Waals surface area contributed by atoms with Gasteiger partial charge >= 0.3 is 0 Å². The van der Waals surface area contributed by atoms with Crippen molar-refractivity contribution in [1.82, 2.24) is 19.9 Å². The highest BCUT2D eigenvalue weighted by Crippen LogP contribution is 2.35. The minimum Gasteiger partial charge on any atom is -0.392 e. The Morgan fingerprint density at radius 3 is 2.75 bits per heavy atom. The fourth-order valence-corrected chi connectivity index (χ4v) is 4.96. The molecule has 0 bridgehead atoms. The standard InChI is InChI=1S/C18H24N4OS/c23-15-9-16(13-5-2-1-3-6-13)22(11-15)10-14-12-24-18(21-14)17-19-7-4-8-20-17/h4,7-8,12-13,15-16,23H,1-3,5-6,9-11H2/t15-,16-/m1/s1. The van der Waals surface area contributed by atoms with Crippen molar-refractivity contribution in [1.29, 1.82) is 0 Å². The zero-order chi connectivity index (χ0) is 16.4. The normalized spacial score (nSPS) is 26.0. The van der Waals surface area contributed by atoms with Gasteiger partial charge in [-0.2, -0.15) is 0 Å². The maximum atomic E-state index is 10.2. The molecule has 128 valence electrons. The van der Waals surface area contributed by atoms with Gasteiger partial charge in [-0.25, -0.2) is 15.0 Å². The summed E-state index contributed by atoms with van der Waals surface area (Å²) in [7, 11) is 0. The van der Waals surface area contributed by atoms with Crippen LogP contribution in [0.4, 0.5) is 0 Å². The van der Waals surface area contributed by atoms with E-state index in [-0.39, 0.29) is 6.10 Å². The maximum Gasteiger partial charge on any atom is 0.188 e. The quantitative estimate of drug-likeness (QED) is 0.923. The lowest BCUT2D eigenvalue weighted by molar-refractivity contribution is 0.146. The third-order valence-corrected chi connectivity index (χ3v) is 6.18. The van der Waals surface area contributed by atoms with Gasteiger partial charge in [0.15, 0.2) is 10.8 Å². The molecule has 1 saturated carbocycles. The average molecular weight is 344 g/mol. The van der Waals surface area contributed by atoms with Gasteiger partial charge in [-0.05, 0) is 31.2 Å². The van der Waals surface area contributed by atoms with E-state index in [4.69, 9.17) is 4.98 Å². The second kappa shape index (κ2) is 7.25. The van der Waals surface area contributed by atoms with E-state index in [1.807, 2.05) is 6.07 Å². The lowest BCUT2D eigenvalue weighted by atomic mass is 9.83. The van der Waals surface area contributed by atoms with Crippen molar-refractivity contribution in [2.75, 3.05) is 6.54 Å². The minimum absolute atomic E-state index is 0.188. The predicted octanol–water partition coefficient (Wildman–Crippen LogP) is 3.12. The summed E-state index contributed by atoms with van der Waals surface area (Å²) in [6.07, 6.45) is 10.9. The molecule has 3 heterocycles. The Morgan fingerprint density at radius 1 is 1.17 bits per heavy atom. The minimum atomic E-state index is -0.188. The number of aliphatic hydroxyl groups excluding tert-OH is 1. The Morgan fingerprint density at radius 2 is 1.96 bits per heavy atom. The lowest BCUT2D eigenvalue weighted by Crippen LogP contribution is -2.36. The Balaban J connectivity index is 1.46. The van der Waals surface area contributed by atoms with Crippen molar-refractivity contribution in [3.05, 3.63) is 29.5 Å². The van der Waals surface area contributed by atoms with E-state index in [9.17, 15) is 5.11 Å². The summed E-state index contributed by atoms with van der Waals surface area (Å²) in [5.74, 6) is 1.44. The van der Waals surface area contributed by atoms with Crippen LogP contribution in [-0.4, -0.2) is 43.6 Å². The van der Waals surface area contributed by atoms with Crippen LogP contribution in [0, 0.1) is 5.92 Å². The smallest absolute Gasteiger partial charge is 0.188 e. The SMILES string of the molecule is O[C@@H]1C[C@H](C2CCCCC2)N(Cc2csc(-c3ncccn3)n2)C1. The average Bonchev–Trinajstić information content (AvgIpc) is 3.23. The van der Waals surface area contributed by atoms with Gasteiger partial charge in [0.1, 0.15) is 0 Å². The van der Waals surface area contributed by atoms with Crippen LogP contribution in [0.15, 0.2) is 23.8 Å². The van der Waals surface area contributed by atoms with Crippen molar-refractivity contribution in [2.45, 2.75) is 57.2 Å². The summed E-state index contributed by atoms with van der Waals surface area (Å²) >= 11 is 1.60. The number of nitrogens with zero attached hydrogens (tertiary/aromatic N) is 4. The van der Waals surface area contributed by atoms with Crippen LogP contribution < -0.4 is 0 Å². The topological polar surface area (TPSA) is 62.1 Å². The van der Waals surface area contributed by atoms with Crippen LogP contribution in [0.1, 0.15) is 44.2 Å². The second-order valence-corrected chi connectivity index (χ2v) is 7.86. The van der Waals surface area contributed by atoms with Gasteiger partial charge < -0.3 is 5.11 Å². The Kier molecular flexibility index (Phi) is 4.87. The van der Waals surface area contributed by atoms with Crippen molar-refractivity contribution < 1.29 is 5.11 Å². The van der Waals surface area contributed by atoms with E-state index in [2.05, 4.69) is 20.2 Å². The molecule has 1 N–H and O–H groups in total. The number of hydrogen-bond donors (Lipinski definition) is 1. The van der Waals surface area contributed by atoms with Crippen LogP contribution in [0.2, 0.25) is 0 Å². The summed E-state index contributed by atoms with van der Waals surface area (Å²) in [5.41, 5.74) is 1.07. The number of aromatic nitrogens is 3. The first-order chi connectivity index (χ1) is 11.8. The molecule has 2 aliphatic rings. The zero-order valence-corrected chi connectivity index (χ0v) is 14.7. The molecule has 0 aromatic carbocycles. The first-order valence-electron chi connectivity index (χ1n) is 8.93. The molecule has 0 radical (unpaired) electrons. The van der Waals surface area contributed by atoms with Gasteiger partial charge in [0.05, 0.1) is 11.8 Å². The predicted molar refractivity (Wildman–Crippen MR) is 94.5 cm³/mol. The molecule has 4 rings (SSSR count). The summed E-state index contributed by atoms with van der Waals surface area (Å²) < 4.78 is 0. The fourth-order valence-electron chi connectivity index (χ4n) is 4.20. The van der Waals surface area contributed by atoms with Crippen LogP contribution in [-0.2, 0) is 6.54 Å². The number of aliphatic hydroxyl groups is 1. The summed E-state index contributed by atoms with van der Waals surface area (Å²) in [5, 5.41) is 13.2. The van der Waals surface area contributed by atoms with Gasteiger partial charge in [0.25, 0.3) is 0 Å². The zero-order valence-electron chi connectivity index (χ0n) is 13.8. The van der Waals surface area contributed by atoms with Gasteiger partial charge in [0.2, 0.25) is 0 Å². The summed E-state index contributed by atoms with van der Waals surface area (Å²) in [4.78, 5) is 15.7. The molecule has 2 fully saturated rings. The maximum absolute atomic E-state index is 10.2. The molecule has 0 spiro atoms. The van der Waals surface area contributed by atoms with Crippen LogP contribution in [0.25, 0.3) is 10.8 Å². The highest BCUT2D eigenvalue weighted by Gasteiger charge is 2.36. The Hall–Kier alpha value is -1.37. The van der Waals surface area contributed by atoms with E-state index in [0.717, 1.165) is 36.1 Å². The summed E-state index contributed by atoms with van der Waals surface area (Å²) in [6, 6.07) is 2.33. The van der Waals surface area contributed by atoms with Gasteiger partial charge in [-0.15, -0.1) is 11.3 Å². The number of hydrogen-bond acceptors (Lipinski definition) is 6. The van der Waals surface area contributed by atoms with Gasteiger partial charge in [-0.1, -0.05) is 19.3 Å². The Labute approximate surface area is 146 Å². The molecule has 2 atom stereocenters. The van der Waals surface area contributed by atoms with Gasteiger partial charge in [0, 0.05) is 36.9 Å². The van der Waals surface area contributed by atoms with Crippen LogP contribution in [0.5, 0.6) is 0 Å². The van der Waals surface area contributed by atoms with E-state index in [0.29, 0.717) is 11.9 Å². The molecule has 24 heavy (non-hydrogen) atoms. The lowest BCUT2D eigenvalue weighted by Gasteiger charge is -2.33. The first kappa shape index (κ1) is 16.1. The molecule has 1 saturated heterocycles. The second-order valence-electron chi connectivity index (χ2n) is 7.00. The summed E-state index contributed by atoms with van der Waals surface area (Å²) in [6.45, 7) is 1.59. The van der Waals surface area contributed by atoms with E-state index in [1.165, 1.54) is 32.1 Å². The molecule has 0 amide bonds. The molecular formula is C18H24N4OS. The number of rotatable bonds is 4. The van der Waals surface area contributed by atoms with Crippen molar-refractivity contribution in [3.8, 4) is 10.8 Å². The van der Waals surface area contributed by atoms with Crippen molar-refractivity contribution >= 4 is 11.3 Å². The highest BCUT2D eigenvalue weighted by molar-refractivity contribution is 7.13. The van der Waals surface area contributed by atoms with E-state index in [1.54, 1.807) is 23.7 Å². The fraction of sp³-hybridized carbons (Fsp3) is 0.611. The van der Waals surface area contributed by atoms with E-state index >= 15 is 0 Å². The molecule has 2 aromatic heterocycles. The van der Waals surface area contributed by atoms with Crippen LogP contribution in [0.3, 0.4) is 0 Å². The molecule has 2 aromatic rings. The number of likely N-dealkylation sites (tertiary alicyclic amines) is 1. The van der Waals surface area contributed by atoms with E-state index < -0.39 is 0 Å². The van der Waals surface area contributed by atoms with Crippen molar-refractivity contribution in [2.24, 2.45) is 5.92 Å². The largest absolute Gasteiger partial charge is 0.392 e. The molecule has 1 aliphatic carbocycles. The monoisotopic (exact) mass is 344 g/mol. The van der Waals surface area contributed by atoms with Crippen molar-refractivity contribution in [3.63, 3.8) is 0 Å². The third kappa shape index (κ3) is 3.50. The van der Waals surface area contributed by atoms with Gasteiger partial charge in [-0.3, -0.25) is 4.90 Å². The molecular weight excluding hydrogens is 320 g/mol. The molecule has 5 nitrogen and oxygen atoms in total. The van der Waals surface area contributed by atoms with Crippen LogP contribution >= 0.6 is 11.3 Å². The number of β-amino-alcohol motifs (C(OH)–C–C–N with tert-alkyl or cyclic N) is 1. The highest BCUT2D eigenvalue weighted by atomic mass is 32.1. The molecule has 0 unspecified atom stereocenters. The number of thiazole rings is 1. The third-order valence-electron chi connectivity index (χ3n) is 5.30. The molecule has 1 aliphatic heterocycles. The molecule has 6 heteroatoms.